The van der Waals surface area contributed by atoms with Crippen molar-refractivity contribution in [3.8, 4) is 0 Å². The van der Waals surface area contributed by atoms with E-state index in [9.17, 15) is 0 Å². The molecule has 0 amide bonds. The predicted molar refractivity (Wildman–Crippen MR) is 79.4 cm³/mol. The number of hydrogen-bond donors (Lipinski definition) is 1. The molecular formula is C15H23ClN2O. The fourth-order valence-corrected chi connectivity index (χ4v) is 3.15. The third-order valence-corrected chi connectivity index (χ3v) is 4.32. The summed E-state index contributed by atoms with van der Waals surface area (Å²) in [7, 11) is 1.78. The first-order valence-electron chi connectivity index (χ1n) is 6.93. The van der Waals surface area contributed by atoms with Crippen molar-refractivity contribution in [2.24, 2.45) is 11.7 Å². The number of ether oxygens (including phenoxy) is 1. The third kappa shape index (κ3) is 3.69. The summed E-state index contributed by atoms with van der Waals surface area (Å²) in [6.45, 7) is 3.62. The first-order chi connectivity index (χ1) is 9.26. The van der Waals surface area contributed by atoms with Crippen molar-refractivity contribution >= 4 is 11.6 Å². The van der Waals surface area contributed by atoms with E-state index in [1.54, 1.807) is 7.11 Å². The van der Waals surface area contributed by atoms with Crippen molar-refractivity contribution in [1.82, 2.24) is 4.90 Å². The summed E-state index contributed by atoms with van der Waals surface area (Å²) >= 11 is 6.29. The number of halogens is 1. The number of methoxy groups -OCH3 is 1. The molecule has 1 aliphatic rings. The number of likely N-dealkylation sites (tertiary alicyclic amines) is 1. The molecule has 0 radical (unpaired) electrons. The summed E-state index contributed by atoms with van der Waals surface area (Å²) in [5.41, 5.74) is 7.12. The molecule has 0 bridgehead atoms. The molecule has 1 aliphatic heterocycles. The number of nitrogens with zero attached hydrogens (tertiary/aromatic N) is 1. The molecule has 19 heavy (non-hydrogen) atoms. The second kappa shape index (κ2) is 7.25. The van der Waals surface area contributed by atoms with Crippen molar-refractivity contribution in [3.63, 3.8) is 0 Å². The Bertz CT molecular complexity index is 391. The van der Waals surface area contributed by atoms with E-state index in [-0.39, 0.29) is 6.04 Å². The molecule has 1 heterocycles. The predicted octanol–water partition coefficient (Wildman–Crippen LogP) is 2.70. The topological polar surface area (TPSA) is 38.5 Å². The van der Waals surface area contributed by atoms with Crippen LogP contribution in [0.2, 0.25) is 5.02 Å². The van der Waals surface area contributed by atoms with Gasteiger partial charge in [0.25, 0.3) is 0 Å². The highest BCUT2D eigenvalue weighted by Gasteiger charge is 2.26. The molecule has 0 aromatic heterocycles. The van der Waals surface area contributed by atoms with Crippen LogP contribution in [-0.2, 0) is 4.74 Å². The van der Waals surface area contributed by atoms with E-state index >= 15 is 0 Å². The lowest BCUT2D eigenvalue weighted by Gasteiger charge is -2.37. The van der Waals surface area contributed by atoms with Crippen molar-refractivity contribution < 1.29 is 4.74 Å². The van der Waals surface area contributed by atoms with Gasteiger partial charge in [0.1, 0.15) is 0 Å². The van der Waals surface area contributed by atoms with Crippen molar-refractivity contribution in [2.45, 2.75) is 18.9 Å². The van der Waals surface area contributed by atoms with E-state index in [2.05, 4.69) is 11.0 Å². The number of piperidine rings is 1. The normalized spacial score (nSPS) is 19.5. The minimum absolute atomic E-state index is 0.234. The minimum Gasteiger partial charge on any atom is -0.384 e. The molecule has 2 rings (SSSR count). The Balaban J connectivity index is 2.02. The number of benzene rings is 1. The van der Waals surface area contributed by atoms with E-state index in [4.69, 9.17) is 22.1 Å². The zero-order valence-corrected chi connectivity index (χ0v) is 12.3. The van der Waals surface area contributed by atoms with Crippen LogP contribution >= 0.6 is 11.6 Å². The summed E-state index contributed by atoms with van der Waals surface area (Å²) in [5, 5.41) is 0.817. The number of rotatable bonds is 5. The van der Waals surface area contributed by atoms with E-state index in [0.29, 0.717) is 12.5 Å². The molecule has 4 heteroatoms. The highest BCUT2D eigenvalue weighted by Crippen LogP contribution is 2.30. The van der Waals surface area contributed by atoms with Gasteiger partial charge in [-0.15, -0.1) is 0 Å². The molecule has 2 N–H and O–H groups in total. The van der Waals surface area contributed by atoms with Gasteiger partial charge in [0.05, 0.1) is 0 Å². The van der Waals surface area contributed by atoms with Crippen LogP contribution in [0.15, 0.2) is 24.3 Å². The largest absolute Gasteiger partial charge is 0.384 e. The fraction of sp³-hybridized carbons (Fsp3) is 0.600. The molecule has 106 valence electrons. The fourth-order valence-electron chi connectivity index (χ4n) is 2.89. The van der Waals surface area contributed by atoms with E-state index < -0.39 is 0 Å². The van der Waals surface area contributed by atoms with Crippen LogP contribution in [-0.4, -0.2) is 38.3 Å². The molecule has 0 aliphatic carbocycles. The van der Waals surface area contributed by atoms with Crippen molar-refractivity contribution in [1.29, 1.82) is 0 Å². The lowest BCUT2D eigenvalue weighted by Crippen LogP contribution is -2.40. The van der Waals surface area contributed by atoms with Crippen molar-refractivity contribution in [2.75, 3.05) is 33.4 Å². The summed E-state index contributed by atoms with van der Waals surface area (Å²) in [6, 6.07) is 8.25. The zero-order chi connectivity index (χ0) is 13.7. The maximum Gasteiger partial charge on any atom is 0.0491 e. The molecule has 1 atom stereocenters. The average Bonchev–Trinajstić information content (AvgIpc) is 2.44. The van der Waals surface area contributed by atoms with Gasteiger partial charge in [-0.25, -0.2) is 0 Å². The van der Waals surface area contributed by atoms with Crippen molar-refractivity contribution in [3.05, 3.63) is 34.9 Å². The van der Waals surface area contributed by atoms with Crippen LogP contribution in [0, 0.1) is 5.92 Å². The molecule has 1 unspecified atom stereocenters. The van der Waals surface area contributed by atoms with E-state index in [0.717, 1.165) is 30.3 Å². The molecule has 0 spiro atoms. The van der Waals surface area contributed by atoms with E-state index in [1.807, 2.05) is 18.2 Å². The summed E-state index contributed by atoms with van der Waals surface area (Å²) in [4.78, 5) is 2.45. The highest BCUT2D eigenvalue weighted by molar-refractivity contribution is 6.31. The Hall–Kier alpha value is -0.610. The average molecular weight is 283 g/mol. The van der Waals surface area contributed by atoms with Crippen LogP contribution in [0.4, 0.5) is 0 Å². The second-order valence-corrected chi connectivity index (χ2v) is 5.61. The first kappa shape index (κ1) is 14.8. The summed E-state index contributed by atoms with van der Waals surface area (Å²) in [6.07, 6.45) is 2.35. The van der Waals surface area contributed by atoms with Gasteiger partial charge in [-0.2, -0.15) is 0 Å². The Morgan fingerprint density at radius 1 is 1.37 bits per heavy atom. The lowest BCUT2D eigenvalue weighted by atomic mass is 9.95. The van der Waals surface area contributed by atoms with Gasteiger partial charge in [0.15, 0.2) is 0 Å². The maximum absolute atomic E-state index is 6.29. The van der Waals surface area contributed by atoms with Gasteiger partial charge in [0.2, 0.25) is 0 Å². The van der Waals surface area contributed by atoms with Crippen LogP contribution in [0.5, 0.6) is 0 Å². The summed E-state index contributed by atoms with van der Waals surface area (Å²) < 4.78 is 5.24. The SMILES string of the molecule is COCC1CCN(C(CN)c2ccccc2Cl)CC1. The van der Waals surface area contributed by atoms with Crippen LogP contribution in [0.25, 0.3) is 0 Å². The number of hydrogen-bond acceptors (Lipinski definition) is 3. The molecule has 3 nitrogen and oxygen atoms in total. The molecule has 1 aromatic carbocycles. The molecule has 1 saturated heterocycles. The van der Waals surface area contributed by atoms with Gasteiger partial charge in [-0.1, -0.05) is 29.8 Å². The van der Waals surface area contributed by atoms with Gasteiger partial charge >= 0.3 is 0 Å². The zero-order valence-electron chi connectivity index (χ0n) is 11.5. The Kier molecular flexibility index (Phi) is 5.64. The highest BCUT2D eigenvalue weighted by atomic mass is 35.5. The van der Waals surface area contributed by atoms with Crippen LogP contribution in [0.3, 0.4) is 0 Å². The molecule has 1 aromatic rings. The third-order valence-electron chi connectivity index (χ3n) is 3.98. The standard InChI is InChI=1S/C15H23ClN2O/c1-19-11-12-6-8-18(9-7-12)15(10-17)13-4-2-3-5-14(13)16/h2-5,12,15H,6-11,17H2,1H3. The second-order valence-electron chi connectivity index (χ2n) is 5.21. The molecule has 1 fully saturated rings. The van der Waals surface area contributed by atoms with Gasteiger partial charge < -0.3 is 10.5 Å². The van der Waals surface area contributed by atoms with E-state index in [1.165, 1.54) is 12.8 Å². The van der Waals surface area contributed by atoms with Gasteiger partial charge in [-0.3, -0.25) is 4.90 Å². The Morgan fingerprint density at radius 3 is 2.63 bits per heavy atom. The minimum atomic E-state index is 0.234. The van der Waals surface area contributed by atoms with Crippen LogP contribution < -0.4 is 5.73 Å². The molecular weight excluding hydrogens is 260 g/mol. The van der Waals surface area contributed by atoms with Gasteiger partial charge in [0, 0.05) is 31.3 Å². The smallest absolute Gasteiger partial charge is 0.0491 e. The quantitative estimate of drug-likeness (QED) is 0.902. The van der Waals surface area contributed by atoms with Crippen LogP contribution in [0.1, 0.15) is 24.4 Å². The molecule has 0 saturated carbocycles. The maximum atomic E-state index is 6.29. The monoisotopic (exact) mass is 282 g/mol. The lowest BCUT2D eigenvalue weighted by molar-refractivity contribution is 0.0811. The Morgan fingerprint density at radius 2 is 2.05 bits per heavy atom. The summed E-state index contributed by atoms with van der Waals surface area (Å²) in [5.74, 6) is 0.686. The number of nitrogens with two attached hydrogens (primary N) is 1. The van der Waals surface area contributed by atoms with Gasteiger partial charge in [-0.05, 0) is 43.5 Å². The first-order valence-corrected chi connectivity index (χ1v) is 7.31. The Labute approximate surface area is 120 Å².